The highest BCUT2D eigenvalue weighted by Crippen LogP contribution is 2.38. The molecule has 47 heavy (non-hydrogen) atoms. The zero-order valence-electron chi connectivity index (χ0n) is 26.7. The molecule has 4 atom stereocenters. The second-order valence-electron chi connectivity index (χ2n) is 12.1. The highest BCUT2D eigenvalue weighted by Gasteiger charge is 2.38. The Hall–Kier alpha value is -5.08. The predicted octanol–water partition coefficient (Wildman–Crippen LogP) is 7.40. The third-order valence-electron chi connectivity index (χ3n) is 8.39. The minimum Gasteiger partial charge on any atom is -0.489 e. The number of carbonyl (C=O) groups is 1. The molecule has 0 radical (unpaired) electrons. The maximum atomic E-state index is 14.4. The van der Waals surface area contributed by atoms with Crippen LogP contribution in [-0.4, -0.2) is 29.4 Å². The second kappa shape index (κ2) is 14.1. The van der Waals surface area contributed by atoms with E-state index in [4.69, 9.17) is 23.4 Å². The Morgan fingerprint density at radius 3 is 2.13 bits per heavy atom. The Bertz CT molecular complexity index is 1880. The van der Waals surface area contributed by atoms with Crippen LogP contribution in [0.3, 0.4) is 0 Å². The van der Waals surface area contributed by atoms with Gasteiger partial charge in [-0.25, -0.2) is 0 Å². The van der Waals surface area contributed by atoms with Crippen LogP contribution < -0.4 is 19.6 Å². The molecule has 1 fully saturated rings. The van der Waals surface area contributed by atoms with Gasteiger partial charge in [-0.1, -0.05) is 67.6 Å². The summed E-state index contributed by atoms with van der Waals surface area (Å²) in [5, 5.41) is 11.4. The van der Waals surface area contributed by atoms with Gasteiger partial charge in [-0.3, -0.25) is 9.59 Å². The maximum absolute atomic E-state index is 14.4. The number of fused-ring (bicyclic) bond motifs is 1. The van der Waals surface area contributed by atoms with Gasteiger partial charge >= 0.3 is 5.97 Å². The molecule has 6 rings (SSSR count). The summed E-state index contributed by atoms with van der Waals surface area (Å²) in [7, 11) is 0. The van der Waals surface area contributed by atoms with Crippen molar-refractivity contribution in [3.05, 3.63) is 124 Å². The standard InChI is InChI=1S/C39H38O8/c1-24-18-34(44-23-28-12-8-5-9-13-28)36-35(19-24)47-38(29-14-16-30(17-15-29)43-22-27-10-6-4-7-11-27)39(37(36)42)46-33-20-25(2)32(21-31(33)41)45-26(3)40/h4-19,25,31-33,41H,20-23H2,1-3H3/t25-,31-,32-,33-/m1/s1. The van der Waals surface area contributed by atoms with Crippen molar-refractivity contribution >= 4 is 16.9 Å². The first-order valence-corrected chi connectivity index (χ1v) is 15.8. The molecule has 8 nitrogen and oxygen atoms in total. The van der Waals surface area contributed by atoms with Gasteiger partial charge < -0.3 is 28.5 Å². The van der Waals surface area contributed by atoms with E-state index in [0.717, 1.165) is 16.7 Å². The third-order valence-corrected chi connectivity index (χ3v) is 8.39. The molecule has 5 aromatic rings. The lowest BCUT2D eigenvalue weighted by Gasteiger charge is -2.37. The van der Waals surface area contributed by atoms with Crippen LogP contribution in [0.15, 0.2) is 106 Å². The summed E-state index contributed by atoms with van der Waals surface area (Å²) in [5.74, 6) is 0.747. The monoisotopic (exact) mass is 634 g/mol. The van der Waals surface area contributed by atoms with Crippen molar-refractivity contribution in [2.24, 2.45) is 5.92 Å². The van der Waals surface area contributed by atoms with Crippen LogP contribution in [0.1, 0.15) is 43.4 Å². The van der Waals surface area contributed by atoms with E-state index >= 15 is 0 Å². The van der Waals surface area contributed by atoms with Crippen molar-refractivity contribution in [1.82, 2.24) is 0 Å². The Morgan fingerprint density at radius 1 is 0.851 bits per heavy atom. The SMILES string of the molecule is CC(=O)O[C@@H]1C[C@@H](O)[C@H](Oc2c(-c3ccc(OCc4ccccc4)cc3)oc3cc(C)cc(OCc4ccccc4)c3c2=O)C[C@H]1C. The quantitative estimate of drug-likeness (QED) is 0.159. The lowest BCUT2D eigenvalue weighted by Crippen LogP contribution is -2.45. The molecule has 0 aliphatic heterocycles. The molecule has 242 valence electrons. The Balaban J connectivity index is 1.37. The number of aliphatic hydroxyl groups is 1. The van der Waals surface area contributed by atoms with E-state index < -0.39 is 29.7 Å². The lowest BCUT2D eigenvalue weighted by atomic mass is 9.84. The molecule has 1 aliphatic rings. The molecular weight excluding hydrogens is 596 g/mol. The van der Waals surface area contributed by atoms with Crippen LogP contribution in [0.5, 0.6) is 17.2 Å². The molecule has 0 saturated heterocycles. The molecule has 1 N–H and O–H groups in total. The first kappa shape index (κ1) is 31.9. The number of rotatable bonds is 10. The van der Waals surface area contributed by atoms with Gasteiger partial charge in [0.05, 0.1) is 6.10 Å². The van der Waals surface area contributed by atoms with Gasteiger partial charge in [0.25, 0.3) is 0 Å². The van der Waals surface area contributed by atoms with Crippen molar-refractivity contribution < 1.29 is 33.3 Å². The number of aliphatic hydroxyl groups excluding tert-OH is 1. The molecule has 1 saturated carbocycles. The fourth-order valence-electron chi connectivity index (χ4n) is 5.94. The van der Waals surface area contributed by atoms with E-state index in [1.54, 1.807) is 6.07 Å². The van der Waals surface area contributed by atoms with E-state index in [1.165, 1.54) is 6.92 Å². The summed E-state index contributed by atoms with van der Waals surface area (Å²) in [5.41, 5.74) is 3.42. The summed E-state index contributed by atoms with van der Waals surface area (Å²) >= 11 is 0. The maximum Gasteiger partial charge on any atom is 0.302 e. The number of ether oxygens (including phenoxy) is 4. The molecule has 4 aromatic carbocycles. The van der Waals surface area contributed by atoms with Gasteiger partial charge in [-0.05, 0) is 72.4 Å². The normalized spacial score (nSPS) is 19.2. The van der Waals surface area contributed by atoms with Gasteiger partial charge in [0.2, 0.25) is 11.2 Å². The summed E-state index contributed by atoms with van der Waals surface area (Å²) in [6.07, 6.45) is -1.59. The van der Waals surface area contributed by atoms with Gasteiger partial charge in [0.1, 0.15) is 47.9 Å². The number of hydrogen-bond donors (Lipinski definition) is 1. The Kier molecular flexibility index (Phi) is 9.59. The second-order valence-corrected chi connectivity index (χ2v) is 12.1. The average Bonchev–Trinajstić information content (AvgIpc) is 3.06. The molecule has 1 aliphatic carbocycles. The lowest BCUT2D eigenvalue weighted by molar-refractivity contribution is -0.156. The third kappa shape index (κ3) is 7.50. The fourth-order valence-corrected chi connectivity index (χ4v) is 5.94. The summed E-state index contributed by atoms with van der Waals surface area (Å²) in [6, 6.07) is 30.5. The summed E-state index contributed by atoms with van der Waals surface area (Å²) < 4.78 is 30.5. The number of carbonyl (C=O) groups excluding carboxylic acids is 1. The number of hydrogen-bond acceptors (Lipinski definition) is 8. The highest BCUT2D eigenvalue weighted by molar-refractivity contribution is 5.88. The molecular formula is C39H38O8. The highest BCUT2D eigenvalue weighted by atomic mass is 16.5. The fraction of sp³-hybridized carbons (Fsp3) is 0.282. The first-order chi connectivity index (χ1) is 22.7. The smallest absolute Gasteiger partial charge is 0.302 e. The van der Waals surface area contributed by atoms with Gasteiger partial charge in [0.15, 0.2) is 5.76 Å². The predicted molar refractivity (Wildman–Crippen MR) is 179 cm³/mol. The van der Waals surface area contributed by atoms with Crippen LogP contribution in [0.4, 0.5) is 0 Å². The number of benzene rings is 4. The number of aryl methyl sites for hydroxylation is 1. The topological polar surface area (TPSA) is 104 Å². The van der Waals surface area contributed by atoms with Crippen LogP contribution in [0.2, 0.25) is 0 Å². The van der Waals surface area contributed by atoms with Gasteiger partial charge in [-0.15, -0.1) is 0 Å². The molecule has 8 heteroatoms. The first-order valence-electron chi connectivity index (χ1n) is 15.8. The zero-order valence-corrected chi connectivity index (χ0v) is 26.7. The van der Waals surface area contributed by atoms with Crippen LogP contribution >= 0.6 is 0 Å². The van der Waals surface area contributed by atoms with Crippen LogP contribution in [-0.2, 0) is 22.7 Å². The van der Waals surface area contributed by atoms with Crippen molar-refractivity contribution in [2.75, 3.05) is 0 Å². The van der Waals surface area contributed by atoms with E-state index in [1.807, 2.05) is 105 Å². The van der Waals surface area contributed by atoms with Crippen molar-refractivity contribution in [3.8, 4) is 28.6 Å². The minimum atomic E-state index is -0.973. The molecule has 1 aromatic heterocycles. The van der Waals surface area contributed by atoms with E-state index in [9.17, 15) is 14.7 Å². The minimum absolute atomic E-state index is 0.0222. The van der Waals surface area contributed by atoms with Gasteiger partial charge in [-0.2, -0.15) is 0 Å². The van der Waals surface area contributed by atoms with Crippen molar-refractivity contribution in [2.45, 2.75) is 65.1 Å². The summed E-state index contributed by atoms with van der Waals surface area (Å²) in [4.78, 5) is 26.1. The molecule has 0 bridgehead atoms. The zero-order chi connectivity index (χ0) is 32.9. The summed E-state index contributed by atoms with van der Waals surface area (Å²) in [6.45, 7) is 5.88. The largest absolute Gasteiger partial charge is 0.489 e. The Morgan fingerprint density at radius 2 is 1.49 bits per heavy atom. The van der Waals surface area contributed by atoms with E-state index in [-0.39, 0.29) is 35.8 Å². The van der Waals surface area contributed by atoms with Crippen molar-refractivity contribution in [1.29, 1.82) is 0 Å². The van der Waals surface area contributed by atoms with E-state index in [2.05, 4.69) is 0 Å². The van der Waals surface area contributed by atoms with E-state index in [0.29, 0.717) is 35.7 Å². The number of esters is 1. The molecule has 0 unspecified atom stereocenters. The van der Waals surface area contributed by atoms with Crippen LogP contribution in [0, 0.1) is 12.8 Å². The van der Waals surface area contributed by atoms with Crippen molar-refractivity contribution in [3.63, 3.8) is 0 Å². The Labute approximate surface area is 273 Å². The molecule has 1 heterocycles. The molecule has 0 spiro atoms. The molecule has 0 amide bonds. The van der Waals surface area contributed by atoms with Crippen LogP contribution in [0.25, 0.3) is 22.3 Å². The van der Waals surface area contributed by atoms with Gasteiger partial charge in [0, 0.05) is 18.9 Å². The average molecular weight is 635 g/mol.